The number of anilines is 1. The maximum absolute atomic E-state index is 12.1. The first-order valence-corrected chi connectivity index (χ1v) is 5.94. The van der Waals surface area contributed by atoms with E-state index in [1.165, 1.54) is 0 Å². The van der Waals surface area contributed by atoms with Crippen molar-refractivity contribution < 1.29 is 4.79 Å². The van der Waals surface area contributed by atoms with Crippen molar-refractivity contribution in [3.8, 4) is 0 Å². The second-order valence-corrected chi connectivity index (χ2v) is 4.57. The second-order valence-electron chi connectivity index (χ2n) is 4.57. The minimum atomic E-state index is -0.726. The topological polar surface area (TPSA) is 73.2 Å². The van der Waals surface area contributed by atoms with Crippen LogP contribution in [0.1, 0.15) is 27.8 Å². The molecule has 1 aromatic carbocycles. The second kappa shape index (κ2) is 4.10. The molecule has 6 nitrogen and oxygen atoms in total. The SMILES string of the molecule is Cc1nn(C)cc1C1Nc2ccccc2C(=O)N1[O-]. The van der Waals surface area contributed by atoms with Crippen LogP contribution in [-0.4, -0.2) is 20.8 Å². The van der Waals surface area contributed by atoms with Gasteiger partial charge in [0.25, 0.3) is 0 Å². The van der Waals surface area contributed by atoms with Gasteiger partial charge in [-0.2, -0.15) is 5.10 Å². The van der Waals surface area contributed by atoms with Gasteiger partial charge in [-0.25, -0.2) is 0 Å². The highest BCUT2D eigenvalue weighted by atomic mass is 16.5. The van der Waals surface area contributed by atoms with Crippen LogP contribution in [0.3, 0.4) is 0 Å². The third-order valence-corrected chi connectivity index (χ3v) is 3.23. The number of carbonyl (C=O) groups is 1. The molecular formula is C13H13N4O2-. The molecule has 0 radical (unpaired) electrons. The van der Waals surface area contributed by atoms with Crippen LogP contribution in [-0.2, 0) is 7.05 Å². The molecule has 1 aromatic heterocycles. The molecule has 19 heavy (non-hydrogen) atoms. The Hall–Kier alpha value is -2.34. The summed E-state index contributed by atoms with van der Waals surface area (Å²) in [4.78, 5) is 12.1. The van der Waals surface area contributed by atoms with E-state index >= 15 is 0 Å². The van der Waals surface area contributed by atoms with Gasteiger partial charge in [0.15, 0.2) is 0 Å². The number of para-hydroxylation sites is 1. The molecule has 0 aliphatic carbocycles. The minimum absolute atomic E-state index is 0.398. The number of fused-ring (bicyclic) bond motifs is 1. The Labute approximate surface area is 110 Å². The van der Waals surface area contributed by atoms with E-state index in [4.69, 9.17) is 0 Å². The molecule has 0 bridgehead atoms. The van der Waals surface area contributed by atoms with Gasteiger partial charge in [0.05, 0.1) is 11.3 Å². The molecule has 1 atom stereocenters. The van der Waals surface area contributed by atoms with Gasteiger partial charge in [0.1, 0.15) is 6.17 Å². The molecule has 0 fully saturated rings. The van der Waals surface area contributed by atoms with Gasteiger partial charge in [-0.3, -0.25) is 9.48 Å². The molecule has 0 saturated carbocycles. The van der Waals surface area contributed by atoms with Gasteiger partial charge in [-0.15, -0.1) is 0 Å². The lowest BCUT2D eigenvalue weighted by atomic mass is 10.1. The molecule has 3 rings (SSSR count). The molecule has 1 aliphatic rings. The fourth-order valence-corrected chi connectivity index (χ4v) is 2.33. The highest BCUT2D eigenvalue weighted by molar-refractivity contribution is 6.01. The third kappa shape index (κ3) is 1.77. The lowest BCUT2D eigenvalue weighted by molar-refractivity contribution is 0.0771. The average molecular weight is 257 g/mol. The Kier molecular flexibility index (Phi) is 2.53. The number of carbonyl (C=O) groups excluding carboxylic acids is 1. The van der Waals surface area contributed by atoms with Gasteiger partial charge in [-0.1, -0.05) is 12.1 Å². The summed E-state index contributed by atoms with van der Waals surface area (Å²) in [5.74, 6) is -0.525. The van der Waals surface area contributed by atoms with Crippen molar-refractivity contribution in [3.05, 3.63) is 52.5 Å². The summed E-state index contributed by atoms with van der Waals surface area (Å²) in [6.45, 7) is 1.82. The average Bonchev–Trinajstić information content (AvgIpc) is 2.73. The molecular weight excluding hydrogens is 244 g/mol. The van der Waals surface area contributed by atoms with Crippen LogP contribution in [0.5, 0.6) is 0 Å². The standard InChI is InChI=1S/C13H13N4O2/c1-8-10(7-16(2)15-8)12-14-11-6-4-3-5-9(11)13(18)17(12)19/h3-7,12,14H,1-2H3/q-1. The highest BCUT2D eigenvalue weighted by Gasteiger charge is 2.28. The fraction of sp³-hybridized carbons (Fsp3) is 0.231. The lowest BCUT2D eigenvalue weighted by Crippen LogP contribution is -2.39. The van der Waals surface area contributed by atoms with Gasteiger partial charge >= 0.3 is 0 Å². The lowest BCUT2D eigenvalue weighted by Gasteiger charge is -2.42. The van der Waals surface area contributed by atoms with E-state index < -0.39 is 12.1 Å². The fourth-order valence-electron chi connectivity index (χ4n) is 2.33. The first-order valence-electron chi connectivity index (χ1n) is 5.94. The number of rotatable bonds is 1. The van der Waals surface area contributed by atoms with Crippen LogP contribution in [0.2, 0.25) is 0 Å². The molecule has 98 valence electrons. The zero-order valence-corrected chi connectivity index (χ0v) is 10.6. The van der Waals surface area contributed by atoms with Crippen molar-refractivity contribution in [1.82, 2.24) is 14.8 Å². The van der Waals surface area contributed by atoms with E-state index in [-0.39, 0.29) is 0 Å². The van der Waals surface area contributed by atoms with E-state index in [0.717, 1.165) is 5.69 Å². The number of nitrogens with zero attached hydrogens (tertiary/aromatic N) is 3. The number of hydrogen-bond donors (Lipinski definition) is 1. The van der Waals surface area contributed by atoms with Crippen molar-refractivity contribution in [2.75, 3.05) is 5.32 Å². The Morgan fingerprint density at radius 3 is 2.79 bits per heavy atom. The van der Waals surface area contributed by atoms with Crippen LogP contribution >= 0.6 is 0 Å². The van der Waals surface area contributed by atoms with Crippen LogP contribution in [0.15, 0.2) is 30.5 Å². The number of hydrogen-bond acceptors (Lipinski definition) is 4. The van der Waals surface area contributed by atoms with E-state index in [2.05, 4.69) is 10.4 Å². The molecule has 2 heterocycles. The Morgan fingerprint density at radius 2 is 2.11 bits per heavy atom. The summed E-state index contributed by atoms with van der Waals surface area (Å²) in [5.41, 5.74) is 2.51. The number of benzene rings is 1. The maximum Gasteiger partial charge on any atom is 0.247 e. The maximum atomic E-state index is 12.1. The van der Waals surface area contributed by atoms with E-state index in [1.807, 2.05) is 13.0 Å². The molecule has 0 spiro atoms. The summed E-state index contributed by atoms with van der Waals surface area (Å²) >= 11 is 0. The zero-order valence-electron chi connectivity index (χ0n) is 10.6. The number of amides is 1. The monoisotopic (exact) mass is 257 g/mol. The number of nitrogens with one attached hydrogen (secondary N) is 1. The Bertz CT molecular complexity index is 650. The zero-order chi connectivity index (χ0) is 13.6. The van der Waals surface area contributed by atoms with Crippen molar-refractivity contribution in [2.45, 2.75) is 13.1 Å². The van der Waals surface area contributed by atoms with E-state index in [9.17, 15) is 10.0 Å². The molecule has 1 N–H and O–H groups in total. The molecule has 1 aliphatic heterocycles. The highest BCUT2D eigenvalue weighted by Crippen LogP contribution is 2.32. The summed E-state index contributed by atoms with van der Waals surface area (Å²) in [5, 5.41) is 19.9. The normalized spacial score (nSPS) is 18.2. The van der Waals surface area contributed by atoms with Crippen LogP contribution < -0.4 is 5.32 Å². The van der Waals surface area contributed by atoms with Crippen LogP contribution in [0.25, 0.3) is 0 Å². The van der Waals surface area contributed by atoms with Gasteiger partial charge < -0.3 is 15.6 Å². The molecule has 0 saturated heterocycles. The molecule has 1 unspecified atom stereocenters. The van der Waals surface area contributed by atoms with E-state index in [1.54, 1.807) is 36.1 Å². The predicted octanol–water partition coefficient (Wildman–Crippen LogP) is 1.79. The largest absolute Gasteiger partial charge is 0.754 e. The van der Waals surface area contributed by atoms with Gasteiger partial charge in [0, 0.05) is 24.5 Å². The predicted molar refractivity (Wildman–Crippen MR) is 70.3 cm³/mol. The van der Waals surface area contributed by atoms with Gasteiger partial charge in [0.2, 0.25) is 5.91 Å². The molecule has 2 aromatic rings. The van der Waals surface area contributed by atoms with Crippen molar-refractivity contribution >= 4 is 11.6 Å². The van der Waals surface area contributed by atoms with Gasteiger partial charge in [-0.05, 0) is 19.1 Å². The quantitative estimate of drug-likeness (QED) is 0.845. The van der Waals surface area contributed by atoms with Crippen molar-refractivity contribution in [3.63, 3.8) is 0 Å². The first-order chi connectivity index (χ1) is 9.08. The first kappa shape index (κ1) is 11.7. The summed E-state index contributed by atoms with van der Waals surface area (Å²) in [6.07, 6.45) is 1.02. The van der Waals surface area contributed by atoms with Crippen LogP contribution in [0.4, 0.5) is 5.69 Å². The Balaban J connectivity index is 2.06. The number of aryl methyl sites for hydroxylation is 2. The number of hydroxylamine groups is 2. The summed E-state index contributed by atoms with van der Waals surface area (Å²) < 4.78 is 1.63. The Morgan fingerprint density at radius 1 is 1.37 bits per heavy atom. The summed E-state index contributed by atoms with van der Waals surface area (Å²) in [7, 11) is 1.78. The number of aromatic nitrogens is 2. The third-order valence-electron chi connectivity index (χ3n) is 3.23. The van der Waals surface area contributed by atoms with Crippen molar-refractivity contribution in [1.29, 1.82) is 0 Å². The summed E-state index contributed by atoms with van der Waals surface area (Å²) in [6, 6.07) is 7.00. The van der Waals surface area contributed by atoms with Crippen molar-refractivity contribution in [2.24, 2.45) is 7.05 Å². The van der Waals surface area contributed by atoms with Crippen LogP contribution in [0, 0.1) is 12.1 Å². The molecule has 1 amide bonds. The molecule has 6 heteroatoms. The van der Waals surface area contributed by atoms with E-state index in [0.29, 0.717) is 21.9 Å². The smallest absolute Gasteiger partial charge is 0.247 e. The minimum Gasteiger partial charge on any atom is -0.754 e.